The van der Waals surface area contributed by atoms with E-state index in [1.165, 1.54) is 16.8 Å². The zero-order valence-corrected chi connectivity index (χ0v) is 17.7. The number of nitrogens with one attached hydrogen (secondary N) is 1. The molecule has 1 N–H and O–H groups in total. The zero-order valence-electron chi connectivity index (χ0n) is 16.1. The van der Waals surface area contributed by atoms with Crippen molar-refractivity contribution >= 4 is 39.2 Å². The van der Waals surface area contributed by atoms with Gasteiger partial charge in [0.05, 0.1) is 30.1 Å². The first kappa shape index (κ1) is 21.0. The van der Waals surface area contributed by atoms with Crippen molar-refractivity contribution in [3.8, 4) is 0 Å². The molecule has 0 saturated carbocycles. The number of esters is 1. The van der Waals surface area contributed by atoms with Crippen molar-refractivity contribution in [2.24, 2.45) is 5.92 Å². The van der Waals surface area contributed by atoms with Crippen LogP contribution in [-0.4, -0.2) is 41.1 Å². The largest absolute Gasteiger partial charge is 0.465 e. The molecule has 2 aromatic rings. The van der Waals surface area contributed by atoms with Gasteiger partial charge in [-0.3, -0.25) is 19.4 Å². The predicted molar refractivity (Wildman–Crippen MR) is 113 cm³/mol. The number of anilines is 2. The average Bonchev–Trinajstić information content (AvgIpc) is 2.71. The molecule has 0 aromatic carbocycles. The van der Waals surface area contributed by atoms with E-state index in [0.29, 0.717) is 12.2 Å². The van der Waals surface area contributed by atoms with Gasteiger partial charge in [-0.1, -0.05) is 0 Å². The van der Waals surface area contributed by atoms with E-state index in [-0.39, 0.29) is 30.5 Å². The van der Waals surface area contributed by atoms with Crippen LogP contribution >= 0.6 is 15.9 Å². The number of nitrogens with zero attached hydrogens (tertiary/aromatic N) is 3. The minimum absolute atomic E-state index is 0.112. The van der Waals surface area contributed by atoms with Crippen LogP contribution in [0.1, 0.15) is 19.8 Å². The van der Waals surface area contributed by atoms with Crippen LogP contribution in [0.15, 0.2) is 46.1 Å². The van der Waals surface area contributed by atoms with Gasteiger partial charge in [0.25, 0.3) is 5.56 Å². The first-order valence-corrected chi connectivity index (χ1v) is 10.3. The molecule has 29 heavy (non-hydrogen) atoms. The van der Waals surface area contributed by atoms with Crippen molar-refractivity contribution in [3.05, 3.63) is 51.6 Å². The Morgan fingerprint density at radius 3 is 2.93 bits per heavy atom. The average molecular weight is 463 g/mol. The van der Waals surface area contributed by atoms with Crippen molar-refractivity contribution in [1.29, 1.82) is 0 Å². The molecule has 1 aliphatic heterocycles. The lowest BCUT2D eigenvalue weighted by molar-refractivity contribution is -0.143. The molecule has 1 aliphatic rings. The predicted octanol–water partition coefficient (Wildman–Crippen LogP) is 2.42. The Kier molecular flexibility index (Phi) is 7.03. The van der Waals surface area contributed by atoms with Crippen molar-refractivity contribution in [2.75, 3.05) is 29.9 Å². The number of piperidine rings is 1. The van der Waals surface area contributed by atoms with Crippen molar-refractivity contribution in [2.45, 2.75) is 26.3 Å². The maximum atomic E-state index is 12.8. The van der Waals surface area contributed by atoms with Crippen LogP contribution in [-0.2, 0) is 20.9 Å². The monoisotopic (exact) mass is 462 g/mol. The molecule has 8 nitrogen and oxygen atoms in total. The van der Waals surface area contributed by atoms with Crippen molar-refractivity contribution < 1.29 is 14.3 Å². The van der Waals surface area contributed by atoms with Crippen LogP contribution in [0.2, 0.25) is 0 Å². The van der Waals surface area contributed by atoms with Crippen molar-refractivity contribution in [3.63, 3.8) is 0 Å². The van der Waals surface area contributed by atoms with Gasteiger partial charge in [0.15, 0.2) is 0 Å². The van der Waals surface area contributed by atoms with Crippen LogP contribution in [0.5, 0.6) is 0 Å². The van der Waals surface area contributed by atoms with Crippen LogP contribution in [0.3, 0.4) is 0 Å². The zero-order chi connectivity index (χ0) is 20.8. The molecule has 0 aliphatic carbocycles. The summed E-state index contributed by atoms with van der Waals surface area (Å²) in [6.07, 6.45) is 6.66. The summed E-state index contributed by atoms with van der Waals surface area (Å²) in [4.78, 5) is 42.7. The Morgan fingerprint density at radius 1 is 1.34 bits per heavy atom. The Balaban J connectivity index is 1.66. The van der Waals surface area contributed by atoms with Crippen LogP contribution in [0.4, 0.5) is 11.4 Å². The molecular weight excluding hydrogens is 440 g/mol. The molecule has 0 radical (unpaired) electrons. The Bertz CT molecular complexity index is 946. The van der Waals surface area contributed by atoms with E-state index in [1.807, 2.05) is 6.07 Å². The van der Waals surface area contributed by atoms with Gasteiger partial charge >= 0.3 is 5.97 Å². The highest BCUT2D eigenvalue weighted by molar-refractivity contribution is 9.10. The lowest BCUT2D eigenvalue weighted by Gasteiger charge is -2.33. The van der Waals surface area contributed by atoms with Gasteiger partial charge < -0.3 is 19.5 Å². The molecule has 3 heterocycles. The third kappa shape index (κ3) is 5.66. The van der Waals surface area contributed by atoms with E-state index >= 15 is 0 Å². The molecule has 2 aromatic heterocycles. The number of carbonyl (C=O) groups excluding carboxylic acids is 2. The molecule has 1 fully saturated rings. The van der Waals surface area contributed by atoms with E-state index < -0.39 is 5.97 Å². The topological polar surface area (TPSA) is 93.5 Å². The molecule has 154 valence electrons. The number of aromatic nitrogens is 2. The van der Waals surface area contributed by atoms with Gasteiger partial charge in [-0.2, -0.15) is 0 Å². The lowest BCUT2D eigenvalue weighted by Crippen LogP contribution is -2.41. The summed E-state index contributed by atoms with van der Waals surface area (Å²) in [5.74, 6) is -0.796. The number of rotatable bonds is 6. The van der Waals surface area contributed by atoms with E-state index in [4.69, 9.17) is 4.74 Å². The fourth-order valence-corrected chi connectivity index (χ4v) is 3.67. The SMILES string of the molecule is CCOC(=O)Cn1cc(NC(=O)[C@H]2CCCN(c3cncc(Br)c3)C2)ccc1=O. The molecule has 3 rings (SSSR count). The second-order valence-electron chi connectivity index (χ2n) is 6.82. The number of carbonyl (C=O) groups is 2. The lowest BCUT2D eigenvalue weighted by atomic mass is 9.96. The molecule has 9 heteroatoms. The van der Waals surface area contributed by atoms with Crippen LogP contribution in [0, 0.1) is 5.92 Å². The smallest absolute Gasteiger partial charge is 0.326 e. The highest BCUT2D eigenvalue weighted by Gasteiger charge is 2.26. The standard InChI is InChI=1S/C20H23BrN4O4/c1-2-29-19(27)13-25-12-16(5-6-18(25)26)23-20(28)14-4-3-7-24(11-14)17-8-15(21)9-22-10-17/h5-6,8-10,12,14H,2-4,7,11,13H2,1H3,(H,23,28)/t14-/m0/s1. The third-order valence-corrected chi connectivity index (χ3v) is 5.14. The van der Waals surface area contributed by atoms with Gasteiger partial charge in [0.1, 0.15) is 6.54 Å². The second kappa shape index (κ2) is 9.69. The molecule has 0 bridgehead atoms. The van der Waals surface area contributed by atoms with Gasteiger partial charge in [-0.05, 0) is 47.8 Å². The number of hydrogen-bond donors (Lipinski definition) is 1. The number of amides is 1. The second-order valence-corrected chi connectivity index (χ2v) is 7.74. The fraction of sp³-hybridized carbons (Fsp3) is 0.400. The molecule has 0 unspecified atom stereocenters. The Hall–Kier alpha value is -2.68. The summed E-state index contributed by atoms with van der Waals surface area (Å²) in [7, 11) is 0. The first-order chi connectivity index (χ1) is 14.0. The Morgan fingerprint density at radius 2 is 2.17 bits per heavy atom. The number of ether oxygens (including phenoxy) is 1. The molecular formula is C20H23BrN4O4. The fourth-order valence-electron chi connectivity index (χ4n) is 3.32. The molecule has 0 spiro atoms. The Labute approximate surface area is 177 Å². The van der Waals surface area contributed by atoms with Crippen molar-refractivity contribution in [1.82, 2.24) is 9.55 Å². The summed E-state index contributed by atoms with van der Waals surface area (Å²) >= 11 is 3.43. The van der Waals surface area contributed by atoms with Crippen LogP contribution in [0.25, 0.3) is 0 Å². The first-order valence-electron chi connectivity index (χ1n) is 9.48. The quantitative estimate of drug-likeness (QED) is 0.662. The maximum Gasteiger partial charge on any atom is 0.326 e. The van der Waals surface area contributed by atoms with E-state index in [1.54, 1.807) is 25.4 Å². The van der Waals surface area contributed by atoms with E-state index in [9.17, 15) is 14.4 Å². The molecule has 1 amide bonds. The summed E-state index contributed by atoms with van der Waals surface area (Å²) in [6.45, 7) is 3.22. The maximum absolute atomic E-state index is 12.8. The minimum atomic E-state index is -0.497. The number of pyridine rings is 2. The number of hydrogen-bond acceptors (Lipinski definition) is 6. The highest BCUT2D eigenvalue weighted by atomic mass is 79.9. The minimum Gasteiger partial charge on any atom is -0.465 e. The summed E-state index contributed by atoms with van der Waals surface area (Å²) in [5.41, 5.74) is 1.11. The van der Waals surface area contributed by atoms with E-state index in [2.05, 4.69) is 31.1 Å². The third-order valence-electron chi connectivity index (χ3n) is 4.70. The highest BCUT2D eigenvalue weighted by Crippen LogP contribution is 2.25. The van der Waals surface area contributed by atoms with Gasteiger partial charge in [-0.15, -0.1) is 0 Å². The van der Waals surface area contributed by atoms with Crippen LogP contribution < -0.4 is 15.8 Å². The van der Waals surface area contributed by atoms with Gasteiger partial charge in [0, 0.05) is 36.0 Å². The summed E-state index contributed by atoms with van der Waals surface area (Å²) in [5, 5.41) is 2.87. The summed E-state index contributed by atoms with van der Waals surface area (Å²) in [6, 6.07) is 4.86. The van der Waals surface area contributed by atoms with E-state index in [0.717, 1.165) is 29.5 Å². The molecule has 1 atom stereocenters. The molecule has 1 saturated heterocycles. The van der Waals surface area contributed by atoms with Gasteiger partial charge in [0.2, 0.25) is 5.91 Å². The number of halogens is 1. The normalized spacial score (nSPS) is 16.3. The summed E-state index contributed by atoms with van der Waals surface area (Å²) < 4.78 is 7.00. The van der Waals surface area contributed by atoms with Gasteiger partial charge in [-0.25, -0.2) is 0 Å².